The average Bonchev–Trinajstić information content (AvgIpc) is 3.07. The van der Waals surface area contributed by atoms with Crippen LogP contribution in [-0.2, 0) is 19.3 Å². The van der Waals surface area contributed by atoms with Gasteiger partial charge in [0.25, 0.3) is 5.69 Å². The van der Waals surface area contributed by atoms with Crippen LogP contribution in [0.25, 0.3) is 0 Å². The van der Waals surface area contributed by atoms with Crippen molar-refractivity contribution < 1.29 is 18.1 Å². The number of guanidine groups is 1. The van der Waals surface area contributed by atoms with Crippen LogP contribution in [0.3, 0.4) is 0 Å². The first kappa shape index (κ1) is 19.6. The van der Waals surface area contributed by atoms with Crippen molar-refractivity contribution in [2.24, 2.45) is 4.99 Å². The van der Waals surface area contributed by atoms with E-state index in [1.165, 1.54) is 12.1 Å². The molecule has 26 heavy (non-hydrogen) atoms. The maximum atomic E-state index is 12.6. The van der Waals surface area contributed by atoms with E-state index < -0.39 is 16.8 Å². The molecule has 0 aliphatic carbocycles. The summed E-state index contributed by atoms with van der Waals surface area (Å²) in [5.41, 5.74) is -0.305. The van der Waals surface area contributed by atoms with Crippen LogP contribution in [-0.4, -0.2) is 22.4 Å². The van der Waals surface area contributed by atoms with Crippen LogP contribution in [0.1, 0.15) is 23.2 Å². The molecular weight excluding hydrogens is 371 g/mol. The van der Waals surface area contributed by atoms with Crippen molar-refractivity contribution in [3.63, 3.8) is 0 Å². The number of aliphatic imine (C=N–C) groups is 1. The zero-order chi connectivity index (χ0) is 19.2. The summed E-state index contributed by atoms with van der Waals surface area (Å²) in [5, 5.41) is 17.9. The third-order valence-electron chi connectivity index (χ3n) is 3.13. The van der Waals surface area contributed by atoms with Gasteiger partial charge in [-0.1, -0.05) is 12.1 Å². The van der Waals surface area contributed by atoms with Gasteiger partial charge in [-0.2, -0.15) is 13.2 Å². The van der Waals surface area contributed by atoms with Crippen molar-refractivity contribution in [3.8, 4) is 0 Å². The number of halogens is 3. The van der Waals surface area contributed by atoms with Gasteiger partial charge >= 0.3 is 6.18 Å². The van der Waals surface area contributed by atoms with Gasteiger partial charge in [-0.05, 0) is 12.5 Å². The summed E-state index contributed by atoms with van der Waals surface area (Å²) in [5.74, 6) is 0.378. The van der Waals surface area contributed by atoms with E-state index in [-0.39, 0.29) is 23.8 Å². The molecule has 0 amide bonds. The van der Waals surface area contributed by atoms with Crippen molar-refractivity contribution in [1.29, 1.82) is 0 Å². The van der Waals surface area contributed by atoms with Crippen molar-refractivity contribution in [1.82, 2.24) is 15.6 Å². The lowest BCUT2D eigenvalue weighted by Gasteiger charge is -2.10. The predicted octanol–water partition coefficient (Wildman–Crippen LogP) is 3.33. The standard InChI is InChI=1S/C15H16F3N5O2S/c1-2-19-14(20-7-10-4-3-5-11(6-10)23(24)25)21-8-13-22-12(9-26-13)15(16,17)18/h3-6,9H,2,7-8H2,1H3,(H2,19,20,21). The van der Waals surface area contributed by atoms with Gasteiger partial charge in [0.15, 0.2) is 11.7 Å². The highest BCUT2D eigenvalue weighted by molar-refractivity contribution is 7.09. The van der Waals surface area contributed by atoms with Crippen LogP contribution >= 0.6 is 11.3 Å². The summed E-state index contributed by atoms with van der Waals surface area (Å²) in [6.45, 7) is 2.66. The number of alkyl halides is 3. The fraction of sp³-hybridized carbons (Fsp3) is 0.333. The normalized spacial score (nSPS) is 12.1. The number of hydrogen-bond donors (Lipinski definition) is 2. The van der Waals surface area contributed by atoms with Crippen LogP contribution in [0.5, 0.6) is 0 Å². The molecule has 2 N–H and O–H groups in total. The minimum Gasteiger partial charge on any atom is -0.357 e. The first-order valence-corrected chi connectivity index (χ1v) is 8.44. The molecule has 0 bridgehead atoms. The van der Waals surface area contributed by atoms with Gasteiger partial charge in [0, 0.05) is 24.1 Å². The molecule has 1 heterocycles. The molecule has 0 aliphatic heterocycles. The number of non-ortho nitro benzene ring substituents is 1. The van der Waals surface area contributed by atoms with E-state index in [2.05, 4.69) is 20.6 Å². The van der Waals surface area contributed by atoms with Gasteiger partial charge in [0.1, 0.15) is 5.01 Å². The van der Waals surface area contributed by atoms with Gasteiger partial charge in [0.05, 0.1) is 18.0 Å². The minimum absolute atomic E-state index is 0.0295. The third kappa shape index (κ3) is 5.69. The van der Waals surface area contributed by atoms with E-state index in [1.807, 2.05) is 6.92 Å². The molecule has 0 saturated heterocycles. The summed E-state index contributed by atoms with van der Waals surface area (Å²) in [7, 11) is 0. The Morgan fingerprint density at radius 3 is 2.77 bits per heavy atom. The number of benzene rings is 1. The fourth-order valence-electron chi connectivity index (χ4n) is 1.96. The summed E-state index contributed by atoms with van der Waals surface area (Å²) in [6.07, 6.45) is -4.46. The topological polar surface area (TPSA) is 92.5 Å². The average molecular weight is 387 g/mol. The number of nitrogens with one attached hydrogen (secondary N) is 2. The molecular formula is C15H16F3N5O2S. The highest BCUT2D eigenvalue weighted by atomic mass is 32.1. The molecule has 2 rings (SSSR count). The Labute approximate surface area is 151 Å². The van der Waals surface area contributed by atoms with Gasteiger partial charge in [-0.3, -0.25) is 10.1 Å². The number of nitrogens with zero attached hydrogens (tertiary/aromatic N) is 3. The quantitative estimate of drug-likeness (QED) is 0.343. The van der Waals surface area contributed by atoms with Crippen molar-refractivity contribution >= 4 is 23.0 Å². The highest BCUT2D eigenvalue weighted by Crippen LogP contribution is 2.29. The van der Waals surface area contributed by atoms with E-state index in [4.69, 9.17) is 0 Å². The SMILES string of the molecule is CCNC(=NCc1cccc([N+](=O)[O-])c1)NCc1nc(C(F)(F)F)cs1. The number of rotatable bonds is 6. The molecule has 0 atom stereocenters. The lowest BCUT2D eigenvalue weighted by Crippen LogP contribution is -2.36. The zero-order valence-electron chi connectivity index (χ0n) is 13.7. The summed E-state index contributed by atoms with van der Waals surface area (Å²) in [6, 6.07) is 6.08. The summed E-state index contributed by atoms with van der Waals surface area (Å²) in [4.78, 5) is 18.1. The second-order valence-electron chi connectivity index (χ2n) is 5.10. The molecule has 0 aliphatic rings. The van der Waals surface area contributed by atoms with Crippen LogP contribution in [0, 0.1) is 10.1 Å². The summed E-state index contributed by atoms with van der Waals surface area (Å²) < 4.78 is 37.7. The Bertz CT molecular complexity index is 792. The Balaban J connectivity index is 2.01. The monoisotopic (exact) mass is 387 g/mol. The molecule has 0 fully saturated rings. The number of hydrogen-bond acceptors (Lipinski definition) is 5. The van der Waals surface area contributed by atoms with E-state index in [9.17, 15) is 23.3 Å². The number of nitro groups is 1. The highest BCUT2D eigenvalue weighted by Gasteiger charge is 2.33. The molecule has 7 nitrogen and oxygen atoms in total. The first-order valence-electron chi connectivity index (χ1n) is 7.56. The predicted molar refractivity (Wildman–Crippen MR) is 91.9 cm³/mol. The summed E-state index contributed by atoms with van der Waals surface area (Å²) >= 11 is 0.905. The van der Waals surface area contributed by atoms with E-state index in [1.54, 1.807) is 12.1 Å². The second-order valence-corrected chi connectivity index (χ2v) is 6.04. The van der Waals surface area contributed by atoms with Crippen LogP contribution < -0.4 is 10.6 Å². The van der Waals surface area contributed by atoms with Crippen molar-refractivity contribution in [2.45, 2.75) is 26.2 Å². The molecule has 0 unspecified atom stereocenters. The molecule has 2 aromatic rings. The lowest BCUT2D eigenvalue weighted by atomic mass is 10.2. The van der Waals surface area contributed by atoms with Crippen LogP contribution in [0.4, 0.5) is 18.9 Å². The fourth-order valence-corrected chi connectivity index (χ4v) is 2.70. The van der Waals surface area contributed by atoms with E-state index in [0.29, 0.717) is 18.1 Å². The molecule has 0 saturated carbocycles. The van der Waals surface area contributed by atoms with Gasteiger partial charge in [-0.15, -0.1) is 11.3 Å². The first-order chi connectivity index (χ1) is 12.3. The Kier molecular flexibility index (Phi) is 6.50. The molecule has 1 aromatic carbocycles. The Morgan fingerprint density at radius 1 is 1.38 bits per heavy atom. The largest absolute Gasteiger partial charge is 0.434 e. The second kappa shape index (κ2) is 8.61. The number of nitro benzene ring substituents is 1. The third-order valence-corrected chi connectivity index (χ3v) is 3.98. The van der Waals surface area contributed by atoms with Crippen molar-refractivity contribution in [3.05, 3.63) is 56.0 Å². The Morgan fingerprint density at radius 2 is 2.15 bits per heavy atom. The smallest absolute Gasteiger partial charge is 0.357 e. The lowest BCUT2D eigenvalue weighted by molar-refractivity contribution is -0.384. The molecule has 11 heteroatoms. The van der Waals surface area contributed by atoms with Gasteiger partial charge < -0.3 is 10.6 Å². The minimum atomic E-state index is -4.46. The zero-order valence-corrected chi connectivity index (χ0v) is 14.5. The van der Waals surface area contributed by atoms with Gasteiger partial charge in [-0.25, -0.2) is 9.98 Å². The van der Waals surface area contributed by atoms with E-state index in [0.717, 1.165) is 16.7 Å². The van der Waals surface area contributed by atoms with Crippen LogP contribution in [0.2, 0.25) is 0 Å². The van der Waals surface area contributed by atoms with E-state index >= 15 is 0 Å². The molecule has 140 valence electrons. The number of aromatic nitrogens is 1. The molecule has 0 spiro atoms. The van der Waals surface area contributed by atoms with Crippen molar-refractivity contribution in [2.75, 3.05) is 6.54 Å². The Hall–Kier alpha value is -2.69. The number of thiazole rings is 1. The maximum Gasteiger partial charge on any atom is 0.434 e. The molecule has 0 radical (unpaired) electrons. The van der Waals surface area contributed by atoms with Crippen LogP contribution in [0.15, 0.2) is 34.6 Å². The molecule has 1 aromatic heterocycles. The van der Waals surface area contributed by atoms with Gasteiger partial charge in [0.2, 0.25) is 0 Å². The maximum absolute atomic E-state index is 12.6.